The second-order valence-electron chi connectivity index (χ2n) is 11.0. The number of nitrogens with zero attached hydrogens (tertiary/aromatic N) is 3. The molecule has 44 heavy (non-hydrogen) atoms. The summed E-state index contributed by atoms with van der Waals surface area (Å²) in [4.78, 5) is 48.0. The molecule has 0 fully saturated rings. The van der Waals surface area contributed by atoms with Gasteiger partial charge < -0.3 is 20.7 Å². The molecule has 228 valence electrons. The van der Waals surface area contributed by atoms with E-state index in [9.17, 15) is 14.4 Å². The number of fused-ring (bicyclic) bond motifs is 1. The van der Waals surface area contributed by atoms with E-state index in [4.69, 9.17) is 4.74 Å². The van der Waals surface area contributed by atoms with Gasteiger partial charge in [0.05, 0.1) is 0 Å². The average molecular weight is 595 g/mol. The van der Waals surface area contributed by atoms with Crippen molar-refractivity contribution in [1.82, 2.24) is 25.2 Å². The van der Waals surface area contributed by atoms with Crippen LogP contribution in [0.25, 0.3) is 0 Å². The largest absolute Gasteiger partial charge is 0.483 e. The number of para-hydroxylation sites is 1. The number of hydrogen-bond acceptors (Lipinski definition) is 7. The predicted octanol–water partition coefficient (Wildman–Crippen LogP) is 3.82. The Morgan fingerprint density at radius 3 is 2.50 bits per heavy atom. The molecule has 2 amide bonds. The van der Waals surface area contributed by atoms with Crippen molar-refractivity contribution in [1.29, 1.82) is 0 Å². The molecule has 1 aliphatic heterocycles. The average Bonchev–Trinajstić information content (AvgIpc) is 3.47. The number of benzene rings is 2. The van der Waals surface area contributed by atoms with Gasteiger partial charge in [0.15, 0.2) is 12.4 Å². The van der Waals surface area contributed by atoms with Gasteiger partial charge in [-0.1, -0.05) is 54.1 Å². The number of hydrogen-bond donors (Lipinski definition) is 3. The molecule has 2 atom stereocenters. The third-order valence-electron chi connectivity index (χ3n) is 7.76. The lowest BCUT2D eigenvalue weighted by Gasteiger charge is -2.20. The van der Waals surface area contributed by atoms with Gasteiger partial charge >= 0.3 is 0 Å². The number of pyridine rings is 1. The zero-order valence-corrected chi connectivity index (χ0v) is 25.3. The van der Waals surface area contributed by atoms with E-state index in [1.165, 1.54) is 0 Å². The lowest BCUT2D eigenvalue weighted by Crippen LogP contribution is -2.36. The Hall–Kier alpha value is -4.99. The molecule has 0 aliphatic carbocycles. The van der Waals surface area contributed by atoms with Crippen molar-refractivity contribution in [2.45, 2.75) is 52.1 Å². The summed E-state index contributed by atoms with van der Waals surface area (Å²) < 4.78 is 7.23. The molecule has 0 radical (unpaired) electrons. The number of nitrogens with one attached hydrogen (secondary N) is 3. The highest BCUT2D eigenvalue weighted by atomic mass is 16.5. The summed E-state index contributed by atoms with van der Waals surface area (Å²) in [6.45, 7) is 6.90. The minimum Gasteiger partial charge on any atom is -0.483 e. The van der Waals surface area contributed by atoms with Crippen LogP contribution >= 0.6 is 0 Å². The fourth-order valence-corrected chi connectivity index (χ4v) is 5.37. The van der Waals surface area contributed by atoms with Gasteiger partial charge in [0.2, 0.25) is 5.91 Å². The second-order valence-corrected chi connectivity index (χ2v) is 11.0. The van der Waals surface area contributed by atoms with Crippen molar-refractivity contribution in [3.05, 3.63) is 117 Å². The van der Waals surface area contributed by atoms with Crippen LogP contribution in [0, 0.1) is 13.8 Å². The Kier molecular flexibility index (Phi) is 9.69. The SMILES string of the molecule is CCNC(=O)COc1ccccc1CNC(=O)[C@@H]1CCc2cnc(NC[C@H](c3ccc(C)cc3)c3ccc(C)cn3)c(=O)n21. The maximum absolute atomic E-state index is 13.7. The van der Waals surface area contributed by atoms with Crippen LogP contribution in [-0.2, 0) is 22.6 Å². The minimum absolute atomic E-state index is 0.106. The number of aromatic nitrogens is 3. The van der Waals surface area contributed by atoms with Crippen molar-refractivity contribution in [3.63, 3.8) is 0 Å². The maximum Gasteiger partial charge on any atom is 0.294 e. The van der Waals surface area contributed by atoms with Gasteiger partial charge in [-0.2, -0.15) is 0 Å². The summed E-state index contributed by atoms with van der Waals surface area (Å²) in [7, 11) is 0. The van der Waals surface area contributed by atoms with Crippen LogP contribution in [-0.4, -0.2) is 46.0 Å². The lowest BCUT2D eigenvalue weighted by atomic mass is 9.94. The van der Waals surface area contributed by atoms with Crippen LogP contribution in [0.5, 0.6) is 5.75 Å². The zero-order valence-electron chi connectivity index (χ0n) is 25.3. The van der Waals surface area contributed by atoms with E-state index in [1.54, 1.807) is 16.8 Å². The van der Waals surface area contributed by atoms with Crippen LogP contribution in [0.4, 0.5) is 5.82 Å². The number of aryl methyl sites for hydroxylation is 3. The van der Waals surface area contributed by atoms with Gasteiger partial charge in [-0.15, -0.1) is 0 Å². The van der Waals surface area contributed by atoms with Crippen molar-refractivity contribution < 1.29 is 14.3 Å². The summed E-state index contributed by atoms with van der Waals surface area (Å²) in [5, 5.41) is 8.91. The van der Waals surface area contributed by atoms with Crippen molar-refractivity contribution in [2.24, 2.45) is 0 Å². The molecule has 10 nitrogen and oxygen atoms in total. The molecule has 2 aromatic carbocycles. The molecule has 0 saturated carbocycles. The third kappa shape index (κ3) is 7.14. The molecule has 5 rings (SSSR count). The second kappa shape index (κ2) is 14.0. The molecule has 1 aliphatic rings. The number of carbonyl (C=O) groups is 2. The van der Waals surface area contributed by atoms with Gasteiger partial charge in [-0.3, -0.25) is 23.9 Å². The van der Waals surface area contributed by atoms with Gasteiger partial charge in [-0.05, 0) is 56.9 Å². The minimum atomic E-state index is -0.656. The first-order valence-electron chi connectivity index (χ1n) is 14.9. The number of carbonyl (C=O) groups excluding carboxylic acids is 2. The number of amides is 2. The molecular weight excluding hydrogens is 556 g/mol. The van der Waals surface area contributed by atoms with Gasteiger partial charge in [0, 0.05) is 54.9 Å². The van der Waals surface area contributed by atoms with Crippen molar-refractivity contribution in [3.8, 4) is 5.75 Å². The number of ether oxygens (including phenoxy) is 1. The lowest BCUT2D eigenvalue weighted by molar-refractivity contribution is -0.124. The summed E-state index contributed by atoms with van der Waals surface area (Å²) >= 11 is 0. The molecule has 4 aromatic rings. The highest BCUT2D eigenvalue weighted by molar-refractivity contribution is 5.81. The molecule has 3 heterocycles. The van der Waals surface area contributed by atoms with E-state index in [0.717, 1.165) is 33.6 Å². The van der Waals surface area contributed by atoms with E-state index >= 15 is 0 Å². The smallest absolute Gasteiger partial charge is 0.294 e. The van der Waals surface area contributed by atoms with E-state index in [0.29, 0.717) is 31.7 Å². The highest BCUT2D eigenvalue weighted by Crippen LogP contribution is 2.27. The predicted molar refractivity (Wildman–Crippen MR) is 169 cm³/mol. The van der Waals surface area contributed by atoms with Gasteiger partial charge in [0.1, 0.15) is 11.8 Å². The number of anilines is 1. The van der Waals surface area contributed by atoms with E-state index in [1.807, 2.05) is 57.3 Å². The normalized spacial score (nSPS) is 14.4. The fourth-order valence-electron chi connectivity index (χ4n) is 5.37. The molecule has 0 spiro atoms. The monoisotopic (exact) mass is 594 g/mol. The number of likely N-dealkylation sites (N-methyl/N-ethyl adjacent to an activating group) is 1. The first-order valence-corrected chi connectivity index (χ1v) is 14.9. The quantitative estimate of drug-likeness (QED) is 0.228. The molecule has 3 N–H and O–H groups in total. The van der Waals surface area contributed by atoms with Gasteiger partial charge in [-0.25, -0.2) is 4.98 Å². The highest BCUT2D eigenvalue weighted by Gasteiger charge is 2.31. The maximum atomic E-state index is 13.7. The molecule has 10 heteroatoms. The molecular formula is C34H38N6O4. The summed E-state index contributed by atoms with van der Waals surface area (Å²) in [5.41, 5.74) is 5.33. The van der Waals surface area contributed by atoms with Crippen LogP contribution in [0.1, 0.15) is 58.9 Å². The van der Waals surface area contributed by atoms with Gasteiger partial charge in [0.25, 0.3) is 11.5 Å². The third-order valence-corrected chi connectivity index (χ3v) is 7.76. The Morgan fingerprint density at radius 1 is 0.977 bits per heavy atom. The standard InChI is InChI=1S/C34H38N6O4/c1-4-35-31(41)21-44-30-8-6-5-7-25(30)18-39-33(42)29-16-14-26-19-37-32(34(43)40(26)29)38-20-27(24-12-9-22(2)10-13-24)28-15-11-23(3)17-36-28/h5-13,15,17,19,27,29H,4,14,16,18,20-21H2,1-3H3,(H,35,41)(H,37,38)(H,39,42)/t27-,29+/m1/s1. The first-order chi connectivity index (χ1) is 21.3. The first kappa shape index (κ1) is 30.5. The zero-order chi connectivity index (χ0) is 31.1. The Morgan fingerprint density at radius 2 is 1.75 bits per heavy atom. The topological polar surface area (TPSA) is 127 Å². The number of rotatable bonds is 12. The van der Waals surface area contributed by atoms with E-state index < -0.39 is 6.04 Å². The molecule has 2 aromatic heterocycles. The molecule has 0 saturated heterocycles. The Bertz CT molecular complexity index is 1620. The summed E-state index contributed by atoms with van der Waals surface area (Å²) in [5.74, 6) is 0.131. The van der Waals surface area contributed by atoms with E-state index in [-0.39, 0.29) is 42.3 Å². The molecule has 0 bridgehead atoms. The van der Waals surface area contributed by atoms with Crippen LogP contribution in [0.2, 0.25) is 0 Å². The van der Waals surface area contributed by atoms with Crippen LogP contribution in [0.3, 0.4) is 0 Å². The van der Waals surface area contributed by atoms with Crippen LogP contribution < -0.4 is 26.2 Å². The molecule has 0 unspecified atom stereocenters. The fraction of sp³-hybridized carbons (Fsp3) is 0.324. The van der Waals surface area contributed by atoms with Crippen molar-refractivity contribution >= 4 is 17.6 Å². The van der Waals surface area contributed by atoms with Crippen LogP contribution in [0.15, 0.2) is 77.9 Å². The van der Waals surface area contributed by atoms with E-state index in [2.05, 4.69) is 50.2 Å². The van der Waals surface area contributed by atoms with Crippen molar-refractivity contribution in [2.75, 3.05) is 25.0 Å². The summed E-state index contributed by atoms with van der Waals surface area (Å²) in [6.07, 6.45) is 4.59. The Labute approximate surface area is 256 Å². The summed E-state index contributed by atoms with van der Waals surface area (Å²) in [6, 6.07) is 18.9. The Balaban J connectivity index is 1.29.